The van der Waals surface area contributed by atoms with Crippen LogP contribution in [0.5, 0.6) is 0 Å². The number of hydrogen-bond donors (Lipinski definition) is 1. The zero-order chi connectivity index (χ0) is 17.8. The Morgan fingerprint density at radius 3 is 2.80 bits per heavy atom. The van der Waals surface area contributed by atoms with Crippen molar-refractivity contribution in [2.75, 3.05) is 5.32 Å². The quantitative estimate of drug-likeness (QED) is 0.764. The highest BCUT2D eigenvalue weighted by molar-refractivity contribution is 6.02. The first-order valence-electron chi connectivity index (χ1n) is 7.92. The van der Waals surface area contributed by atoms with Gasteiger partial charge >= 0.3 is 0 Å². The van der Waals surface area contributed by atoms with E-state index in [1.54, 1.807) is 17.0 Å². The summed E-state index contributed by atoms with van der Waals surface area (Å²) >= 11 is 0. The van der Waals surface area contributed by atoms with Crippen LogP contribution < -0.4 is 10.9 Å². The Bertz CT molecular complexity index is 960. The number of aromatic nitrogens is 5. The molecule has 0 aliphatic heterocycles. The number of rotatable bonds is 5. The summed E-state index contributed by atoms with van der Waals surface area (Å²) in [6.45, 7) is 2.42. The van der Waals surface area contributed by atoms with Crippen LogP contribution in [-0.2, 0) is 13.6 Å². The number of anilines is 1. The van der Waals surface area contributed by atoms with Crippen LogP contribution in [0.15, 0.2) is 47.5 Å². The maximum Gasteiger partial charge on any atom is 0.276 e. The monoisotopic (exact) mass is 338 g/mol. The van der Waals surface area contributed by atoms with Gasteiger partial charge in [-0.15, -0.1) is 10.2 Å². The maximum absolute atomic E-state index is 12.4. The van der Waals surface area contributed by atoms with E-state index in [-0.39, 0.29) is 17.2 Å². The van der Waals surface area contributed by atoms with E-state index >= 15 is 0 Å². The van der Waals surface area contributed by atoms with Crippen LogP contribution in [-0.4, -0.2) is 30.5 Å². The van der Waals surface area contributed by atoms with Crippen molar-refractivity contribution in [1.82, 2.24) is 24.5 Å². The van der Waals surface area contributed by atoms with Gasteiger partial charge in [-0.3, -0.25) is 9.59 Å². The summed E-state index contributed by atoms with van der Waals surface area (Å²) in [7, 11) is 1.85. The first-order valence-corrected chi connectivity index (χ1v) is 7.92. The van der Waals surface area contributed by atoms with Gasteiger partial charge in [0.15, 0.2) is 5.82 Å². The minimum Gasteiger partial charge on any atom is -0.321 e. The van der Waals surface area contributed by atoms with Crippen LogP contribution in [0.4, 0.5) is 5.69 Å². The smallest absolute Gasteiger partial charge is 0.276 e. The summed E-state index contributed by atoms with van der Waals surface area (Å²) in [6.07, 6.45) is 2.37. The van der Waals surface area contributed by atoms with Crippen molar-refractivity contribution in [3.05, 3.63) is 58.8 Å². The molecule has 3 aromatic rings. The number of benzene rings is 1. The Labute approximate surface area is 144 Å². The summed E-state index contributed by atoms with van der Waals surface area (Å²) < 4.78 is 3.09. The molecule has 8 nitrogen and oxygen atoms in total. The van der Waals surface area contributed by atoms with Crippen molar-refractivity contribution < 1.29 is 4.79 Å². The number of nitrogens with zero attached hydrogens (tertiary/aromatic N) is 5. The van der Waals surface area contributed by atoms with Gasteiger partial charge < -0.3 is 9.88 Å². The molecular formula is C17H18N6O2. The van der Waals surface area contributed by atoms with Gasteiger partial charge in [-0.1, -0.05) is 19.1 Å². The van der Waals surface area contributed by atoms with E-state index in [1.165, 1.54) is 16.8 Å². The van der Waals surface area contributed by atoms with Crippen LogP contribution in [0, 0.1) is 0 Å². The molecule has 8 heteroatoms. The van der Waals surface area contributed by atoms with Gasteiger partial charge in [-0.25, -0.2) is 4.68 Å². The minimum absolute atomic E-state index is 0.192. The van der Waals surface area contributed by atoms with Gasteiger partial charge in [0.1, 0.15) is 12.0 Å². The summed E-state index contributed by atoms with van der Waals surface area (Å²) in [4.78, 5) is 24.1. The predicted molar refractivity (Wildman–Crippen MR) is 93.2 cm³/mol. The Morgan fingerprint density at radius 1 is 1.24 bits per heavy atom. The normalized spacial score (nSPS) is 10.6. The molecule has 3 rings (SSSR count). The van der Waals surface area contributed by atoms with E-state index in [2.05, 4.69) is 20.6 Å². The highest BCUT2D eigenvalue weighted by Gasteiger charge is 2.11. The molecule has 0 bridgehead atoms. The molecule has 0 saturated carbocycles. The molecule has 25 heavy (non-hydrogen) atoms. The average molecular weight is 338 g/mol. The zero-order valence-electron chi connectivity index (χ0n) is 14.0. The fourth-order valence-electron chi connectivity index (χ4n) is 2.42. The van der Waals surface area contributed by atoms with Gasteiger partial charge in [-0.05, 0) is 24.6 Å². The summed E-state index contributed by atoms with van der Waals surface area (Å²) in [5.74, 6) is 0.325. The zero-order valence-corrected chi connectivity index (χ0v) is 14.0. The largest absolute Gasteiger partial charge is 0.321 e. The SMILES string of the molecule is CCCn1nc(C(=O)Nc2cccc(-c3nncn3C)c2)ccc1=O. The van der Waals surface area contributed by atoms with E-state index in [9.17, 15) is 9.59 Å². The highest BCUT2D eigenvalue weighted by atomic mass is 16.2. The molecule has 0 unspecified atom stereocenters. The number of aryl methyl sites for hydroxylation is 2. The average Bonchev–Trinajstić information content (AvgIpc) is 3.03. The molecule has 2 heterocycles. The molecule has 0 aliphatic carbocycles. The van der Waals surface area contributed by atoms with Gasteiger partial charge in [0.05, 0.1) is 0 Å². The lowest BCUT2D eigenvalue weighted by atomic mass is 10.2. The predicted octanol–water partition coefficient (Wildman–Crippen LogP) is 1.70. The van der Waals surface area contributed by atoms with E-state index < -0.39 is 0 Å². The van der Waals surface area contributed by atoms with Crippen LogP contribution in [0.2, 0.25) is 0 Å². The third-order valence-electron chi connectivity index (χ3n) is 3.62. The molecule has 0 fully saturated rings. The second-order valence-electron chi connectivity index (χ2n) is 5.58. The van der Waals surface area contributed by atoms with Crippen molar-refractivity contribution >= 4 is 11.6 Å². The van der Waals surface area contributed by atoms with Crippen LogP contribution >= 0.6 is 0 Å². The van der Waals surface area contributed by atoms with Gasteiger partial charge in [0, 0.05) is 30.9 Å². The second-order valence-corrected chi connectivity index (χ2v) is 5.58. The number of carbonyl (C=O) groups excluding carboxylic acids is 1. The summed E-state index contributed by atoms with van der Waals surface area (Å²) in [6, 6.07) is 10.1. The van der Waals surface area contributed by atoms with E-state index in [4.69, 9.17) is 0 Å². The number of carbonyl (C=O) groups is 1. The number of nitrogens with one attached hydrogen (secondary N) is 1. The molecule has 1 amide bonds. The van der Waals surface area contributed by atoms with Gasteiger partial charge in [0.2, 0.25) is 0 Å². The first-order chi connectivity index (χ1) is 12.1. The van der Waals surface area contributed by atoms with Crippen LogP contribution in [0.3, 0.4) is 0 Å². The van der Waals surface area contributed by atoms with E-state index in [0.717, 1.165) is 12.0 Å². The Morgan fingerprint density at radius 2 is 2.08 bits per heavy atom. The number of amides is 1. The fourth-order valence-corrected chi connectivity index (χ4v) is 2.42. The molecule has 0 aliphatic rings. The molecule has 0 saturated heterocycles. The Balaban J connectivity index is 1.83. The van der Waals surface area contributed by atoms with E-state index in [0.29, 0.717) is 18.1 Å². The lowest BCUT2D eigenvalue weighted by molar-refractivity contribution is 0.102. The topological polar surface area (TPSA) is 94.7 Å². The Kier molecular flexibility index (Phi) is 4.69. The van der Waals surface area contributed by atoms with Crippen molar-refractivity contribution in [3.63, 3.8) is 0 Å². The second kappa shape index (κ2) is 7.08. The maximum atomic E-state index is 12.4. The third kappa shape index (κ3) is 3.63. The van der Waals surface area contributed by atoms with Crippen molar-refractivity contribution in [2.45, 2.75) is 19.9 Å². The van der Waals surface area contributed by atoms with Crippen LogP contribution in [0.1, 0.15) is 23.8 Å². The molecule has 128 valence electrons. The number of hydrogen-bond acceptors (Lipinski definition) is 5. The molecular weight excluding hydrogens is 320 g/mol. The third-order valence-corrected chi connectivity index (χ3v) is 3.62. The summed E-state index contributed by atoms with van der Waals surface area (Å²) in [5.41, 5.74) is 1.42. The van der Waals surface area contributed by atoms with Crippen molar-refractivity contribution in [1.29, 1.82) is 0 Å². The Hall–Kier alpha value is -3.29. The molecule has 0 spiro atoms. The highest BCUT2D eigenvalue weighted by Crippen LogP contribution is 2.20. The molecule has 1 aromatic carbocycles. The molecule has 0 atom stereocenters. The van der Waals surface area contributed by atoms with Gasteiger partial charge in [0.25, 0.3) is 11.5 Å². The summed E-state index contributed by atoms with van der Waals surface area (Å²) in [5, 5.41) is 14.8. The van der Waals surface area contributed by atoms with Gasteiger partial charge in [-0.2, -0.15) is 5.10 Å². The van der Waals surface area contributed by atoms with Crippen molar-refractivity contribution in [3.8, 4) is 11.4 Å². The van der Waals surface area contributed by atoms with Crippen LogP contribution in [0.25, 0.3) is 11.4 Å². The minimum atomic E-state index is -0.375. The fraction of sp³-hybridized carbons (Fsp3) is 0.235. The lowest BCUT2D eigenvalue weighted by Gasteiger charge is -2.08. The first kappa shape index (κ1) is 16.6. The van der Waals surface area contributed by atoms with E-state index in [1.807, 2.05) is 32.2 Å². The lowest BCUT2D eigenvalue weighted by Crippen LogP contribution is -2.26. The standard InChI is InChI=1S/C17H18N6O2/c1-3-9-23-15(24)8-7-14(21-23)17(25)19-13-6-4-5-12(10-13)16-20-18-11-22(16)2/h4-8,10-11H,3,9H2,1-2H3,(H,19,25). The van der Waals surface area contributed by atoms with Crippen molar-refractivity contribution in [2.24, 2.45) is 7.05 Å². The molecule has 0 radical (unpaired) electrons. The molecule has 2 aromatic heterocycles. The molecule has 1 N–H and O–H groups in total.